The quantitative estimate of drug-likeness (QED) is 0.878. The molecule has 1 aromatic carbocycles. The van der Waals surface area contributed by atoms with Gasteiger partial charge in [0, 0.05) is 0 Å². The second-order valence-corrected chi connectivity index (χ2v) is 4.35. The van der Waals surface area contributed by atoms with E-state index in [1.165, 1.54) is 7.11 Å². The highest BCUT2D eigenvalue weighted by atomic mass is 35.5. The number of nitrogens with one attached hydrogen (secondary N) is 2. The van der Waals surface area contributed by atoms with E-state index in [2.05, 4.69) is 20.5 Å². The molecule has 0 saturated carbocycles. The first-order chi connectivity index (χ1) is 9.58. The molecule has 106 valence electrons. The lowest BCUT2D eigenvalue weighted by molar-refractivity contribution is -0.118. The second kappa shape index (κ2) is 6.25. The lowest BCUT2D eigenvalue weighted by atomic mass is 10.2. The number of hydrogen-bond acceptors (Lipinski definition) is 5. The van der Waals surface area contributed by atoms with Gasteiger partial charge in [0.25, 0.3) is 5.91 Å². The van der Waals surface area contributed by atoms with Crippen LogP contribution in [-0.4, -0.2) is 34.8 Å². The predicted molar refractivity (Wildman–Crippen MR) is 73.2 cm³/mol. The topological polar surface area (TPSA) is 89.1 Å². The fourth-order valence-corrected chi connectivity index (χ4v) is 1.60. The molecular formula is C12H13ClN4O3. The summed E-state index contributed by atoms with van der Waals surface area (Å²) in [6.07, 6.45) is 0. The van der Waals surface area contributed by atoms with Gasteiger partial charge in [0.05, 0.1) is 12.1 Å². The van der Waals surface area contributed by atoms with Crippen LogP contribution in [0, 0.1) is 6.92 Å². The minimum Gasteiger partial charge on any atom is -0.482 e. The van der Waals surface area contributed by atoms with E-state index in [4.69, 9.17) is 21.1 Å². The zero-order valence-electron chi connectivity index (χ0n) is 10.9. The number of aryl methyl sites for hydroxylation is 1. The number of anilines is 1. The van der Waals surface area contributed by atoms with Gasteiger partial charge < -0.3 is 9.47 Å². The van der Waals surface area contributed by atoms with Crippen LogP contribution in [-0.2, 0) is 4.79 Å². The molecule has 20 heavy (non-hydrogen) atoms. The van der Waals surface area contributed by atoms with Gasteiger partial charge in [-0.25, -0.2) is 5.10 Å². The van der Waals surface area contributed by atoms with Crippen LogP contribution in [0.2, 0.25) is 5.02 Å². The standard InChI is InChI=1S/C12H13ClN4O3/c1-7-3-4-8(13)9(5-7)20-6-10(18)14-11-15-12(19-2)17-16-11/h3-5H,6H2,1-2H3,(H2,14,15,16,17,18). The number of ether oxygens (including phenoxy) is 2. The third-order valence-electron chi connectivity index (χ3n) is 2.35. The van der Waals surface area contributed by atoms with Crippen LogP contribution >= 0.6 is 11.6 Å². The highest BCUT2D eigenvalue weighted by molar-refractivity contribution is 6.32. The minimum absolute atomic E-state index is 0.142. The number of nitrogens with zero attached hydrogens (tertiary/aromatic N) is 2. The predicted octanol–water partition coefficient (Wildman–Crippen LogP) is 1.79. The average Bonchev–Trinajstić information content (AvgIpc) is 2.87. The highest BCUT2D eigenvalue weighted by Gasteiger charge is 2.09. The number of amides is 1. The lowest BCUT2D eigenvalue weighted by Gasteiger charge is -2.08. The summed E-state index contributed by atoms with van der Waals surface area (Å²) in [5.74, 6) is 0.254. The summed E-state index contributed by atoms with van der Waals surface area (Å²) in [7, 11) is 1.43. The fourth-order valence-electron chi connectivity index (χ4n) is 1.43. The Hall–Kier alpha value is -2.28. The molecule has 1 amide bonds. The second-order valence-electron chi connectivity index (χ2n) is 3.94. The van der Waals surface area contributed by atoms with Crippen molar-refractivity contribution in [1.82, 2.24) is 15.2 Å². The fraction of sp³-hybridized carbons (Fsp3) is 0.250. The van der Waals surface area contributed by atoms with Crippen LogP contribution in [0.1, 0.15) is 5.56 Å². The number of aromatic nitrogens is 3. The maximum absolute atomic E-state index is 11.7. The molecule has 0 aliphatic heterocycles. The van der Waals surface area contributed by atoms with Crippen molar-refractivity contribution >= 4 is 23.5 Å². The molecule has 2 aromatic rings. The summed E-state index contributed by atoms with van der Waals surface area (Å²) in [5, 5.41) is 9.14. The molecule has 0 aliphatic carbocycles. The number of halogens is 1. The molecule has 0 radical (unpaired) electrons. The van der Waals surface area contributed by atoms with Gasteiger partial charge in [-0.1, -0.05) is 17.7 Å². The Morgan fingerprint density at radius 2 is 2.30 bits per heavy atom. The van der Waals surface area contributed by atoms with E-state index in [9.17, 15) is 4.79 Å². The molecule has 1 aromatic heterocycles. The summed E-state index contributed by atoms with van der Waals surface area (Å²) >= 11 is 5.96. The van der Waals surface area contributed by atoms with Crippen LogP contribution in [0.4, 0.5) is 5.95 Å². The zero-order valence-corrected chi connectivity index (χ0v) is 11.7. The summed E-state index contributed by atoms with van der Waals surface area (Å²) in [4.78, 5) is 15.5. The first-order valence-electron chi connectivity index (χ1n) is 5.73. The van der Waals surface area contributed by atoms with Gasteiger partial charge in [-0.3, -0.25) is 10.1 Å². The molecule has 2 rings (SSSR count). The van der Waals surface area contributed by atoms with Gasteiger partial charge in [0.1, 0.15) is 5.75 Å². The highest BCUT2D eigenvalue weighted by Crippen LogP contribution is 2.25. The normalized spacial score (nSPS) is 10.2. The number of hydrogen-bond donors (Lipinski definition) is 2. The summed E-state index contributed by atoms with van der Waals surface area (Å²) in [6, 6.07) is 5.47. The molecule has 1 heterocycles. The van der Waals surface area contributed by atoms with Gasteiger partial charge >= 0.3 is 6.01 Å². The molecule has 2 N–H and O–H groups in total. The van der Waals surface area contributed by atoms with Crippen molar-refractivity contribution < 1.29 is 14.3 Å². The molecule has 8 heteroatoms. The van der Waals surface area contributed by atoms with Crippen LogP contribution in [0.5, 0.6) is 11.8 Å². The number of H-pyrrole nitrogens is 1. The molecule has 0 bridgehead atoms. The molecule has 0 atom stereocenters. The van der Waals surface area contributed by atoms with Crippen molar-refractivity contribution in [2.24, 2.45) is 0 Å². The molecular weight excluding hydrogens is 284 g/mol. The number of rotatable bonds is 5. The Kier molecular flexibility index (Phi) is 4.41. The molecule has 0 saturated heterocycles. The number of aromatic amines is 1. The molecule has 0 fully saturated rings. The van der Waals surface area contributed by atoms with Gasteiger partial charge in [-0.05, 0) is 24.6 Å². The third kappa shape index (κ3) is 3.61. The Morgan fingerprint density at radius 3 is 3.00 bits per heavy atom. The third-order valence-corrected chi connectivity index (χ3v) is 2.66. The van der Waals surface area contributed by atoms with Crippen molar-refractivity contribution in [3.05, 3.63) is 28.8 Å². The van der Waals surface area contributed by atoms with Crippen LogP contribution < -0.4 is 14.8 Å². The number of methoxy groups -OCH3 is 1. The molecule has 0 unspecified atom stereocenters. The SMILES string of the molecule is COc1n[nH]c(NC(=O)COc2cc(C)ccc2Cl)n1. The maximum atomic E-state index is 11.7. The van der Waals surface area contributed by atoms with E-state index in [-0.39, 0.29) is 24.5 Å². The first-order valence-corrected chi connectivity index (χ1v) is 6.11. The number of benzene rings is 1. The van der Waals surface area contributed by atoms with Gasteiger partial charge in [0.15, 0.2) is 6.61 Å². The van der Waals surface area contributed by atoms with Crippen LogP contribution in [0.3, 0.4) is 0 Å². The Bertz CT molecular complexity index is 614. The summed E-state index contributed by atoms with van der Waals surface area (Å²) in [6.45, 7) is 1.72. The molecule has 0 aliphatic rings. The lowest BCUT2D eigenvalue weighted by Crippen LogP contribution is -2.21. The molecule has 7 nitrogen and oxygen atoms in total. The van der Waals surface area contributed by atoms with E-state index < -0.39 is 0 Å². The van der Waals surface area contributed by atoms with Crippen LogP contribution in [0.25, 0.3) is 0 Å². The Balaban J connectivity index is 1.90. The average molecular weight is 297 g/mol. The smallest absolute Gasteiger partial charge is 0.336 e. The van der Waals surface area contributed by atoms with Gasteiger partial charge in [-0.15, -0.1) is 5.10 Å². The van der Waals surface area contributed by atoms with Crippen LogP contribution in [0.15, 0.2) is 18.2 Å². The molecule has 0 spiro atoms. The van der Waals surface area contributed by atoms with Crippen molar-refractivity contribution in [2.45, 2.75) is 6.92 Å². The van der Waals surface area contributed by atoms with Gasteiger partial charge in [-0.2, -0.15) is 4.98 Å². The summed E-state index contributed by atoms with van der Waals surface area (Å²) < 4.78 is 10.1. The monoisotopic (exact) mass is 296 g/mol. The van der Waals surface area contributed by atoms with E-state index in [0.29, 0.717) is 10.8 Å². The Labute approximate surface area is 120 Å². The number of carbonyl (C=O) groups excluding carboxylic acids is 1. The largest absolute Gasteiger partial charge is 0.482 e. The van der Waals surface area contributed by atoms with E-state index in [0.717, 1.165) is 5.56 Å². The van der Waals surface area contributed by atoms with Crippen molar-refractivity contribution in [2.75, 3.05) is 19.0 Å². The van der Waals surface area contributed by atoms with Crippen molar-refractivity contribution in [1.29, 1.82) is 0 Å². The Morgan fingerprint density at radius 1 is 1.50 bits per heavy atom. The maximum Gasteiger partial charge on any atom is 0.336 e. The zero-order chi connectivity index (χ0) is 14.5. The van der Waals surface area contributed by atoms with Crippen molar-refractivity contribution in [3.63, 3.8) is 0 Å². The minimum atomic E-state index is -0.388. The van der Waals surface area contributed by atoms with E-state index >= 15 is 0 Å². The van der Waals surface area contributed by atoms with Crippen molar-refractivity contribution in [3.8, 4) is 11.8 Å². The summed E-state index contributed by atoms with van der Waals surface area (Å²) in [5.41, 5.74) is 0.991. The van der Waals surface area contributed by atoms with E-state index in [1.807, 2.05) is 13.0 Å². The van der Waals surface area contributed by atoms with Gasteiger partial charge in [0.2, 0.25) is 5.95 Å². The number of carbonyl (C=O) groups is 1. The van der Waals surface area contributed by atoms with E-state index in [1.54, 1.807) is 12.1 Å². The first kappa shape index (κ1) is 14.1.